The summed E-state index contributed by atoms with van der Waals surface area (Å²) >= 11 is 1.83. The van der Waals surface area contributed by atoms with Gasteiger partial charge < -0.3 is 5.11 Å². The monoisotopic (exact) mass is 905 g/mol. The van der Waals surface area contributed by atoms with E-state index in [1.165, 1.54) is 64.6 Å². The minimum Gasteiger partial charge on any atom is -0.512 e. The van der Waals surface area contributed by atoms with Crippen LogP contribution in [0.5, 0.6) is 0 Å². The molecule has 0 aliphatic rings. The number of pyridine rings is 1. The van der Waals surface area contributed by atoms with Gasteiger partial charge in [0.25, 0.3) is 0 Å². The number of carbonyl (C=O) groups excluding carboxylic acids is 1. The van der Waals surface area contributed by atoms with Crippen molar-refractivity contribution in [2.75, 3.05) is 0 Å². The zero-order chi connectivity index (χ0) is 37.0. The van der Waals surface area contributed by atoms with E-state index in [4.69, 9.17) is 4.98 Å². The number of ketones is 1. The van der Waals surface area contributed by atoms with Crippen LogP contribution in [0.1, 0.15) is 70.1 Å². The Morgan fingerprint density at radius 3 is 2.06 bits per heavy atom. The zero-order valence-corrected chi connectivity index (χ0v) is 36.7. The Balaban J connectivity index is 0.000000323. The fraction of sp³-hybridized carbons (Fsp3) is 0.348. The van der Waals surface area contributed by atoms with Crippen LogP contribution in [0.2, 0.25) is 19.6 Å². The number of allylic oxidation sites excluding steroid dienone is 2. The quantitative estimate of drug-likeness (QED) is 0.0645. The van der Waals surface area contributed by atoms with E-state index in [1.54, 1.807) is 0 Å². The summed E-state index contributed by atoms with van der Waals surface area (Å²) in [6.45, 7) is 22.0. The van der Waals surface area contributed by atoms with E-state index in [2.05, 4.69) is 119 Å². The van der Waals surface area contributed by atoms with Gasteiger partial charge >= 0.3 is 0 Å². The van der Waals surface area contributed by atoms with Gasteiger partial charge in [-0.05, 0) is 96.6 Å². The second-order valence-electron chi connectivity index (χ2n) is 15.0. The predicted octanol–water partition coefficient (Wildman–Crippen LogP) is 13.1. The third-order valence-electron chi connectivity index (χ3n) is 10.3. The molecule has 6 heteroatoms. The summed E-state index contributed by atoms with van der Waals surface area (Å²) in [5, 5.41) is 15.1. The van der Waals surface area contributed by atoms with Crippen molar-refractivity contribution >= 4 is 61.5 Å². The topological polar surface area (TPSA) is 50.2 Å². The molecule has 4 aromatic carbocycles. The average Bonchev–Trinajstić information content (AvgIpc) is 3.46. The molecule has 6 rings (SSSR count). The maximum atomic E-state index is 11.7. The van der Waals surface area contributed by atoms with Crippen molar-refractivity contribution in [1.82, 2.24) is 4.98 Å². The van der Waals surface area contributed by atoms with Crippen molar-refractivity contribution in [3.63, 3.8) is 0 Å². The molecule has 0 bridgehead atoms. The van der Waals surface area contributed by atoms with Gasteiger partial charge in [0.1, 0.15) is 0 Å². The number of aromatic nitrogens is 1. The van der Waals surface area contributed by atoms with Gasteiger partial charge in [0.05, 0.1) is 19.3 Å². The normalized spacial score (nSPS) is 12.0. The molecule has 1 N–H and O–H groups in total. The number of aryl methyl sites for hydroxylation is 3. The Bertz CT molecular complexity index is 2200. The number of fused-ring (bicyclic) bond motifs is 4. The van der Waals surface area contributed by atoms with E-state index in [9.17, 15) is 9.90 Å². The van der Waals surface area contributed by atoms with E-state index in [1.807, 2.05) is 39.0 Å². The molecule has 2 heterocycles. The van der Waals surface area contributed by atoms with E-state index in [0.29, 0.717) is 0 Å². The van der Waals surface area contributed by atoms with Gasteiger partial charge in [-0.3, -0.25) is 9.78 Å². The molecule has 2 aromatic heterocycles. The number of benzene rings is 4. The summed E-state index contributed by atoms with van der Waals surface area (Å²) in [6, 6.07) is 30.4. The molecule has 0 spiro atoms. The molecule has 0 fully saturated rings. The van der Waals surface area contributed by atoms with Crippen LogP contribution >= 0.6 is 11.3 Å². The number of aliphatic hydroxyl groups excluding tert-OH is 1. The molecule has 0 unspecified atom stereocenters. The maximum Gasteiger partial charge on any atom is 0.162 e. The zero-order valence-electron chi connectivity index (χ0n) is 32.5. The summed E-state index contributed by atoms with van der Waals surface area (Å²) in [5.41, 5.74) is 9.60. The van der Waals surface area contributed by atoms with Crippen molar-refractivity contribution in [2.45, 2.75) is 93.8 Å². The van der Waals surface area contributed by atoms with Gasteiger partial charge in [-0.2, -0.15) is 11.3 Å². The molecular weight excluding hydrogens is 851 g/mol. The molecule has 3 nitrogen and oxygen atoms in total. The molecule has 0 saturated carbocycles. The molecule has 1 radical (unpaired) electrons. The first-order valence-electron chi connectivity index (χ1n) is 18.6. The number of nitrogens with zero attached hydrogens (tertiary/aromatic N) is 1. The number of rotatable bonds is 10. The Morgan fingerprint density at radius 2 is 1.44 bits per heavy atom. The van der Waals surface area contributed by atoms with E-state index < -0.39 is 8.07 Å². The molecule has 275 valence electrons. The Kier molecular flexibility index (Phi) is 14.0. The van der Waals surface area contributed by atoms with Crippen molar-refractivity contribution in [3.05, 3.63) is 107 Å². The molecule has 0 atom stereocenters. The van der Waals surface area contributed by atoms with Crippen LogP contribution in [0.25, 0.3) is 53.5 Å². The van der Waals surface area contributed by atoms with Gasteiger partial charge in [-0.15, -0.1) is 23.8 Å². The number of aliphatic hydroxyl groups is 1. The van der Waals surface area contributed by atoms with Crippen LogP contribution in [0.4, 0.5) is 0 Å². The second kappa shape index (κ2) is 17.6. The van der Waals surface area contributed by atoms with E-state index in [0.717, 1.165) is 42.5 Å². The Hall–Kier alpha value is -3.41. The molecule has 6 aromatic rings. The van der Waals surface area contributed by atoms with Crippen LogP contribution in [0, 0.1) is 38.7 Å². The largest absolute Gasteiger partial charge is 0.512 e. The molecular formula is C46H54IrNO2SSi-. The van der Waals surface area contributed by atoms with Gasteiger partial charge in [-0.25, -0.2) is 0 Å². The number of carbonyl (C=O) groups is 1. The third kappa shape index (κ3) is 9.02. The van der Waals surface area contributed by atoms with Gasteiger partial charge in [0, 0.05) is 48.1 Å². The van der Waals surface area contributed by atoms with Crippen LogP contribution in [-0.4, -0.2) is 23.9 Å². The van der Waals surface area contributed by atoms with Crippen LogP contribution in [0.3, 0.4) is 0 Å². The maximum absolute atomic E-state index is 11.7. The molecule has 52 heavy (non-hydrogen) atoms. The number of hydrogen-bond donors (Lipinski definition) is 1. The van der Waals surface area contributed by atoms with E-state index in [-0.39, 0.29) is 43.5 Å². The van der Waals surface area contributed by atoms with Crippen LogP contribution in [-0.2, 0) is 24.9 Å². The molecule has 0 aliphatic carbocycles. The predicted molar refractivity (Wildman–Crippen MR) is 225 cm³/mol. The summed E-state index contributed by atoms with van der Waals surface area (Å²) < 4.78 is 2.58. The number of thiophene rings is 1. The van der Waals surface area contributed by atoms with Crippen molar-refractivity contribution in [1.29, 1.82) is 0 Å². The number of hydrogen-bond acceptors (Lipinski definition) is 4. The first-order valence-corrected chi connectivity index (χ1v) is 22.9. The van der Waals surface area contributed by atoms with Gasteiger partial charge in [0.15, 0.2) is 5.78 Å². The smallest absolute Gasteiger partial charge is 0.162 e. The Morgan fingerprint density at radius 1 is 0.808 bits per heavy atom. The molecule has 0 aliphatic heterocycles. The average molecular weight is 905 g/mol. The van der Waals surface area contributed by atoms with Gasteiger partial charge in [-0.1, -0.05) is 112 Å². The first kappa shape index (κ1) is 41.3. The fourth-order valence-corrected chi connectivity index (χ4v) is 9.47. The van der Waals surface area contributed by atoms with Crippen molar-refractivity contribution < 1.29 is 30.0 Å². The summed E-state index contributed by atoms with van der Waals surface area (Å²) in [4.78, 5) is 16.9. The SMILES string of the molecule is CCC(CC)C(=O)/C=C(\O)C(CC)CC.Cc1cc(C)c(-c2cc(-c3[c-]cc4sc5ccccc5c4c3)nc3ccc([Si](C)(C)C)cc23)c(C)c1.[Ir]. The molecule has 0 amide bonds. The summed E-state index contributed by atoms with van der Waals surface area (Å²) in [6.07, 6.45) is 4.91. The summed E-state index contributed by atoms with van der Waals surface area (Å²) in [5.74, 6) is 0.547. The minimum atomic E-state index is -1.47. The van der Waals surface area contributed by atoms with Crippen LogP contribution in [0.15, 0.2) is 84.6 Å². The fourth-order valence-electron chi connectivity index (χ4n) is 7.24. The molecule has 0 saturated heterocycles. The first-order chi connectivity index (χ1) is 24.3. The minimum absolute atomic E-state index is 0. The van der Waals surface area contributed by atoms with E-state index >= 15 is 0 Å². The van der Waals surface area contributed by atoms with Crippen molar-refractivity contribution in [2.24, 2.45) is 11.8 Å². The van der Waals surface area contributed by atoms with Crippen molar-refractivity contribution in [3.8, 4) is 22.4 Å². The second-order valence-corrected chi connectivity index (χ2v) is 21.2. The third-order valence-corrected chi connectivity index (χ3v) is 13.5. The standard InChI is InChI=1S/C33H30NSSi.C13H24O2.Ir/c1-20-15-21(2)33(22(3)16-20)28-19-30(34-29-13-12-24(18-26(28)29)36(4,5)6)23-11-14-32-27(17-23)25-9-7-8-10-31(25)35-32;1-5-10(6-2)12(14)9-13(15)11(7-3)8-4;/h7-10,12-19H,1-6H3;9-11,14H,5-8H2,1-4H3;/q-1;;/b;12-9-;. The van der Waals surface area contributed by atoms with Gasteiger partial charge in [0.2, 0.25) is 0 Å². The Labute approximate surface area is 330 Å². The van der Waals surface area contributed by atoms with Crippen LogP contribution < -0.4 is 5.19 Å². The summed E-state index contributed by atoms with van der Waals surface area (Å²) in [7, 11) is -1.47.